The van der Waals surface area contributed by atoms with Crippen LogP contribution in [-0.2, 0) is 0 Å². The second kappa shape index (κ2) is 4.82. The van der Waals surface area contributed by atoms with Crippen LogP contribution in [0.4, 0.5) is 0 Å². The molecule has 96 valence electrons. The topological polar surface area (TPSA) is 53.1 Å². The fraction of sp³-hybridized carbons (Fsp3) is 0.357. The molecular weight excluding hydrogens is 226 g/mol. The third-order valence-electron chi connectivity index (χ3n) is 3.23. The van der Waals surface area contributed by atoms with Crippen molar-refractivity contribution >= 4 is 0 Å². The Balaban J connectivity index is 2.67. The van der Waals surface area contributed by atoms with Crippen molar-refractivity contribution < 1.29 is 4.74 Å². The fourth-order valence-electron chi connectivity index (χ4n) is 2.12. The summed E-state index contributed by atoms with van der Waals surface area (Å²) in [5, 5.41) is 0. The Morgan fingerprint density at radius 2 is 2.06 bits per heavy atom. The molecule has 0 amide bonds. The predicted octanol–water partition coefficient (Wildman–Crippen LogP) is 2.52. The van der Waals surface area contributed by atoms with Crippen molar-refractivity contribution in [3.05, 3.63) is 41.5 Å². The summed E-state index contributed by atoms with van der Waals surface area (Å²) in [6.07, 6.45) is 1.82. The number of aryl methyl sites for hydroxylation is 1. The number of rotatable bonds is 3. The van der Waals surface area contributed by atoms with Gasteiger partial charge in [0.15, 0.2) is 0 Å². The van der Waals surface area contributed by atoms with Crippen LogP contribution in [0.3, 0.4) is 0 Å². The summed E-state index contributed by atoms with van der Waals surface area (Å²) in [4.78, 5) is 4.33. The van der Waals surface area contributed by atoms with E-state index >= 15 is 0 Å². The lowest BCUT2D eigenvalue weighted by Crippen LogP contribution is -2.12. The zero-order chi connectivity index (χ0) is 13.3. The second-order valence-corrected chi connectivity index (χ2v) is 4.47. The van der Waals surface area contributed by atoms with Crippen LogP contribution in [0.1, 0.15) is 29.9 Å². The Bertz CT molecular complexity index is 558. The molecular formula is C14H19N3O. The van der Waals surface area contributed by atoms with Crippen LogP contribution in [-0.4, -0.2) is 16.7 Å². The molecule has 0 aliphatic heterocycles. The van der Waals surface area contributed by atoms with Gasteiger partial charge in [0.1, 0.15) is 5.75 Å². The number of methoxy groups -OCH3 is 1. The lowest BCUT2D eigenvalue weighted by molar-refractivity contribution is 0.406. The van der Waals surface area contributed by atoms with E-state index in [0.717, 1.165) is 28.4 Å². The summed E-state index contributed by atoms with van der Waals surface area (Å²) in [6, 6.07) is 5.84. The van der Waals surface area contributed by atoms with Crippen molar-refractivity contribution in [3.63, 3.8) is 0 Å². The van der Waals surface area contributed by atoms with Crippen molar-refractivity contribution in [2.24, 2.45) is 5.73 Å². The molecule has 0 aliphatic rings. The minimum atomic E-state index is -0.0988. The van der Waals surface area contributed by atoms with Crippen LogP contribution in [0.5, 0.6) is 5.75 Å². The molecule has 2 aromatic rings. The molecule has 0 bridgehead atoms. The fourth-order valence-corrected chi connectivity index (χ4v) is 2.12. The number of nitrogens with two attached hydrogens (primary N) is 1. The monoisotopic (exact) mass is 245 g/mol. The standard InChI is InChI=1S/C14H19N3O/c1-9(15)14-12(6-5-7-13(14)18-4)17-8-16-10(2)11(17)3/h5-9H,15H2,1-4H3. The van der Waals surface area contributed by atoms with Gasteiger partial charge in [-0.25, -0.2) is 4.98 Å². The van der Waals surface area contributed by atoms with E-state index in [2.05, 4.69) is 9.55 Å². The van der Waals surface area contributed by atoms with Gasteiger partial charge in [0.05, 0.1) is 24.8 Å². The predicted molar refractivity (Wildman–Crippen MR) is 72.2 cm³/mol. The highest BCUT2D eigenvalue weighted by Crippen LogP contribution is 2.30. The van der Waals surface area contributed by atoms with Crippen LogP contribution in [0.15, 0.2) is 24.5 Å². The first-order chi connectivity index (χ1) is 8.56. The Hall–Kier alpha value is -1.81. The molecule has 2 N–H and O–H groups in total. The smallest absolute Gasteiger partial charge is 0.125 e. The molecule has 0 radical (unpaired) electrons. The molecule has 1 unspecified atom stereocenters. The molecule has 1 aromatic heterocycles. The van der Waals surface area contributed by atoms with Gasteiger partial charge < -0.3 is 15.0 Å². The van der Waals surface area contributed by atoms with E-state index in [0.29, 0.717) is 0 Å². The van der Waals surface area contributed by atoms with Crippen LogP contribution >= 0.6 is 0 Å². The van der Waals surface area contributed by atoms with Crippen LogP contribution in [0.25, 0.3) is 5.69 Å². The summed E-state index contributed by atoms with van der Waals surface area (Å²) in [6.45, 7) is 6.00. The first-order valence-electron chi connectivity index (χ1n) is 5.99. The Morgan fingerprint density at radius 3 is 2.56 bits per heavy atom. The SMILES string of the molecule is COc1cccc(-n2cnc(C)c2C)c1C(C)N. The molecule has 4 nitrogen and oxygen atoms in total. The molecule has 1 atom stereocenters. The molecule has 18 heavy (non-hydrogen) atoms. The Labute approximate surface area is 107 Å². The van der Waals surface area contributed by atoms with E-state index in [1.54, 1.807) is 7.11 Å². The second-order valence-electron chi connectivity index (χ2n) is 4.47. The summed E-state index contributed by atoms with van der Waals surface area (Å²) in [5.41, 5.74) is 10.2. The van der Waals surface area contributed by atoms with Gasteiger partial charge in [-0.3, -0.25) is 0 Å². The maximum absolute atomic E-state index is 6.07. The van der Waals surface area contributed by atoms with Crippen molar-refractivity contribution in [3.8, 4) is 11.4 Å². The van der Waals surface area contributed by atoms with Crippen LogP contribution < -0.4 is 10.5 Å². The van der Waals surface area contributed by atoms with Crippen molar-refractivity contribution in [1.29, 1.82) is 0 Å². The number of aromatic nitrogens is 2. The van der Waals surface area contributed by atoms with E-state index in [1.165, 1.54) is 0 Å². The molecule has 0 saturated heterocycles. The van der Waals surface area contributed by atoms with Crippen molar-refractivity contribution in [2.45, 2.75) is 26.8 Å². The van der Waals surface area contributed by atoms with Crippen LogP contribution in [0.2, 0.25) is 0 Å². The molecule has 0 saturated carbocycles. The average molecular weight is 245 g/mol. The van der Waals surface area contributed by atoms with Crippen LogP contribution in [0, 0.1) is 13.8 Å². The highest BCUT2D eigenvalue weighted by Gasteiger charge is 2.16. The highest BCUT2D eigenvalue weighted by atomic mass is 16.5. The number of imidazole rings is 1. The van der Waals surface area contributed by atoms with E-state index in [-0.39, 0.29) is 6.04 Å². The van der Waals surface area contributed by atoms with Gasteiger partial charge in [-0.2, -0.15) is 0 Å². The molecule has 2 rings (SSSR count). The van der Waals surface area contributed by atoms with Gasteiger partial charge in [0.2, 0.25) is 0 Å². The summed E-state index contributed by atoms with van der Waals surface area (Å²) in [5.74, 6) is 0.813. The van der Waals surface area contributed by atoms with Crippen molar-refractivity contribution in [1.82, 2.24) is 9.55 Å². The maximum atomic E-state index is 6.07. The minimum absolute atomic E-state index is 0.0988. The maximum Gasteiger partial charge on any atom is 0.125 e. The minimum Gasteiger partial charge on any atom is -0.496 e. The van der Waals surface area contributed by atoms with E-state index in [1.807, 2.05) is 45.3 Å². The number of hydrogen-bond donors (Lipinski definition) is 1. The summed E-state index contributed by atoms with van der Waals surface area (Å²) >= 11 is 0. The summed E-state index contributed by atoms with van der Waals surface area (Å²) in [7, 11) is 1.66. The average Bonchev–Trinajstić information content (AvgIpc) is 2.69. The number of hydrogen-bond acceptors (Lipinski definition) is 3. The third kappa shape index (κ3) is 1.99. The molecule has 1 heterocycles. The van der Waals surface area contributed by atoms with E-state index < -0.39 is 0 Å². The van der Waals surface area contributed by atoms with Gasteiger partial charge in [-0.05, 0) is 32.9 Å². The first kappa shape index (κ1) is 12.6. The number of ether oxygens (including phenoxy) is 1. The number of benzene rings is 1. The zero-order valence-electron chi connectivity index (χ0n) is 11.3. The third-order valence-corrected chi connectivity index (χ3v) is 3.23. The molecule has 0 spiro atoms. The molecule has 4 heteroatoms. The quantitative estimate of drug-likeness (QED) is 0.904. The van der Waals surface area contributed by atoms with Gasteiger partial charge in [0.25, 0.3) is 0 Å². The normalized spacial score (nSPS) is 12.5. The Morgan fingerprint density at radius 1 is 1.33 bits per heavy atom. The lowest BCUT2D eigenvalue weighted by atomic mass is 10.0. The molecule has 0 fully saturated rings. The Kier molecular flexibility index (Phi) is 3.39. The first-order valence-corrected chi connectivity index (χ1v) is 5.99. The van der Waals surface area contributed by atoms with E-state index in [4.69, 9.17) is 10.5 Å². The number of nitrogens with zero attached hydrogens (tertiary/aromatic N) is 2. The zero-order valence-corrected chi connectivity index (χ0v) is 11.3. The van der Waals surface area contributed by atoms with E-state index in [9.17, 15) is 0 Å². The van der Waals surface area contributed by atoms with Gasteiger partial charge >= 0.3 is 0 Å². The van der Waals surface area contributed by atoms with Gasteiger partial charge in [-0.15, -0.1) is 0 Å². The van der Waals surface area contributed by atoms with Gasteiger partial charge in [0, 0.05) is 17.3 Å². The summed E-state index contributed by atoms with van der Waals surface area (Å²) < 4.78 is 7.45. The largest absolute Gasteiger partial charge is 0.496 e. The highest BCUT2D eigenvalue weighted by molar-refractivity contribution is 5.52. The lowest BCUT2D eigenvalue weighted by Gasteiger charge is -2.18. The molecule has 0 aliphatic carbocycles. The molecule has 1 aromatic carbocycles. The van der Waals surface area contributed by atoms with Crippen molar-refractivity contribution in [2.75, 3.05) is 7.11 Å². The van der Waals surface area contributed by atoms with Gasteiger partial charge in [-0.1, -0.05) is 6.07 Å².